The van der Waals surface area contributed by atoms with Gasteiger partial charge in [-0.15, -0.1) is 10.2 Å². The van der Waals surface area contributed by atoms with Crippen LogP contribution in [0.2, 0.25) is 10.0 Å². The van der Waals surface area contributed by atoms with Crippen LogP contribution in [-0.4, -0.2) is 10.2 Å². The molecule has 0 saturated heterocycles. The molecular formula is C28H21Cl2N3O2S. The zero-order valence-electron chi connectivity index (χ0n) is 19.0. The molecule has 1 heterocycles. The van der Waals surface area contributed by atoms with E-state index in [0.29, 0.717) is 39.9 Å². The Morgan fingerprint density at radius 1 is 0.667 bits per heavy atom. The number of hydrogen-bond donors (Lipinski definition) is 1. The second-order valence-electron chi connectivity index (χ2n) is 7.91. The highest BCUT2D eigenvalue weighted by atomic mass is 35.5. The van der Waals surface area contributed by atoms with Crippen molar-refractivity contribution in [3.8, 4) is 22.1 Å². The van der Waals surface area contributed by atoms with E-state index in [9.17, 15) is 0 Å². The number of nitrogens with one attached hydrogen (secondary N) is 1. The summed E-state index contributed by atoms with van der Waals surface area (Å²) >= 11 is 13.6. The van der Waals surface area contributed by atoms with Gasteiger partial charge in [-0.2, -0.15) is 0 Å². The summed E-state index contributed by atoms with van der Waals surface area (Å²) in [4.78, 5) is 0. The number of halogens is 2. The Balaban J connectivity index is 1.38. The molecule has 0 amide bonds. The largest absolute Gasteiger partial charge is 0.489 e. The molecular weight excluding hydrogens is 513 g/mol. The number of rotatable bonds is 9. The predicted molar refractivity (Wildman–Crippen MR) is 147 cm³/mol. The standard InChI is InChI=1S/C28H21Cl2N3O2S/c29-25-12-11-22(15-26(25)30)31-28-33-32-27(36-28)21-13-23(34-17-19-7-3-1-4-8-19)16-24(14-21)35-18-20-9-5-2-6-10-20/h1-16H,17-18H2,(H,31,33). The molecule has 0 aliphatic rings. The summed E-state index contributed by atoms with van der Waals surface area (Å²) < 4.78 is 12.2. The Morgan fingerprint density at radius 2 is 1.28 bits per heavy atom. The number of aromatic nitrogens is 2. The van der Waals surface area contributed by atoms with Gasteiger partial charge in [-0.05, 0) is 41.5 Å². The Kier molecular flexibility index (Phi) is 7.67. The van der Waals surface area contributed by atoms with Crippen LogP contribution >= 0.6 is 34.5 Å². The van der Waals surface area contributed by atoms with Crippen LogP contribution in [0, 0.1) is 0 Å². The molecule has 0 unspecified atom stereocenters. The molecule has 36 heavy (non-hydrogen) atoms. The van der Waals surface area contributed by atoms with Gasteiger partial charge >= 0.3 is 0 Å². The molecule has 0 fully saturated rings. The van der Waals surface area contributed by atoms with E-state index in [1.807, 2.05) is 84.9 Å². The first kappa shape index (κ1) is 24.1. The quantitative estimate of drug-likeness (QED) is 0.206. The van der Waals surface area contributed by atoms with E-state index in [2.05, 4.69) is 15.5 Å². The number of benzene rings is 4. The van der Waals surface area contributed by atoms with Gasteiger partial charge in [0.15, 0.2) is 0 Å². The van der Waals surface area contributed by atoms with Crippen molar-refractivity contribution < 1.29 is 9.47 Å². The summed E-state index contributed by atoms with van der Waals surface area (Å²) in [6, 6.07) is 31.2. The van der Waals surface area contributed by atoms with E-state index in [4.69, 9.17) is 32.7 Å². The molecule has 4 aromatic carbocycles. The summed E-state index contributed by atoms with van der Waals surface area (Å²) in [7, 11) is 0. The molecule has 5 rings (SSSR count). The third-order valence-corrected chi connectivity index (χ3v) is 6.85. The van der Waals surface area contributed by atoms with Crippen molar-refractivity contribution in [1.82, 2.24) is 10.2 Å². The maximum absolute atomic E-state index is 6.13. The first-order valence-corrected chi connectivity index (χ1v) is 12.7. The van der Waals surface area contributed by atoms with Crippen LogP contribution in [0.15, 0.2) is 97.1 Å². The van der Waals surface area contributed by atoms with E-state index in [1.54, 1.807) is 12.1 Å². The molecule has 8 heteroatoms. The molecule has 0 saturated carbocycles. The van der Waals surface area contributed by atoms with E-state index < -0.39 is 0 Å². The molecule has 5 nitrogen and oxygen atoms in total. The number of hydrogen-bond acceptors (Lipinski definition) is 6. The molecule has 0 spiro atoms. The minimum absolute atomic E-state index is 0.447. The third-order valence-electron chi connectivity index (χ3n) is 5.22. The van der Waals surface area contributed by atoms with Gasteiger partial charge in [0.1, 0.15) is 29.7 Å². The fourth-order valence-corrected chi connectivity index (χ4v) is 4.48. The van der Waals surface area contributed by atoms with Crippen molar-refractivity contribution in [2.75, 3.05) is 5.32 Å². The Morgan fingerprint density at radius 3 is 1.86 bits per heavy atom. The lowest BCUT2D eigenvalue weighted by atomic mass is 10.2. The van der Waals surface area contributed by atoms with Gasteiger partial charge in [-0.1, -0.05) is 95.2 Å². The topological polar surface area (TPSA) is 56.3 Å². The van der Waals surface area contributed by atoms with Gasteiger partial charge in [-0.25, -0.2) is 0 Å². The average Bonchev–Trinajstić information content (AvgIpc) is 3.38. The van der Waals surface area contributed by atoms with Crippen LogP contribution in [0.3, 0.4) is 0 Å². The Hall–Kier alpha value is -3.58. The SMILES string of the molecule is Clc1ccc(Nc2nnc(-c3cc(OCc4ccccc4)cc(OCc4ccccc4)c3)s2)cc1Cl. The second-order valence-corrected chi connectivity index (χ2v) is 9.70. The van der Waals surface area contributed by atoms with Gasteiger partial charge in [0, 0.05) is 17.3 Å². The molecule has 0 atom stereocenters. The Labute approximate surface area is 223 Å². The highest BCUT2D eigenvalue weighted by molar-refractivity contribution is 7.18. The van der Waals surface area contributed by atoms with Gasteiger partial charge in [-0.3, -0.25) is 0 Å². The lowest BCUT2D eigenvalue weighted by Crippen LogP contribution is -1.98. The maximum Gasteiger partial charge on any atom is 0.210 e. The van der Waals surface area contributed by atoms with Crippen LogP contribution in [0.25, 0.3) is 10.6 Å². The van der Waals surface area contributed by atoms with E-state index in [0.717, 1.165) is 27.4 Å². The third kappa shape index (κ3) is 6.34. The van der Waals surface area contributed by atoms with Crippen LogP contribution < -0.4 is 14.8 Å². The average molecular weight is 534 g/mol. The summed E-state index contributed by atoms with van der Waals surface area (Å²) in [5.74, 6) is 1.38. The van der Waals surface area contributed by atoms with Crippen LogP contribution in [0.5, 0.6) is 11.5 Å². The lowest BCUT2D eigenvalue weighted by Gasteiger charge is -2.12. The van der Waals surface area contributed by atoms with Gasteiger partial charge in [0.2, 0.25) is 5.13 Å². The highest BCUT2D eigenvalue weighted by Crippen LogP contribution is 2.35. The summed E-state index contributed by atoms with van der Waals surface area (Å²) in [6.45, 7) is 0.894. The summed E-state index contributed by atoms with van der Waals surface area (Å²) in [5.41, 5.74) is 3.79. The lowest BCUT2D eigenvalue weighted by molar-refractivity contribution is 0.290. The summed E-state index contributed by atoms with van der Waals surface area (Å²) in [6.07, 6.45) is 0. The zero-order chi connectivity index (χ0) is 24.7. The van der Waals surface area contributed by atoms with E-state index >= 15 is 0 Å². The van der Waals surface area contributed by atoms with Crippen molar-refractivity contribution in [3.63, 3.8) is 0 Å². The van der Waals surface area contributed by atoms with Crippen molar-refractivity contribution in [1.29, 1.82) is 0 Å². The van der Waals surface area contributed by atoms with Crippen molar-refractivity contribution in [2.24, 2.45) is 0 Å². The molecule has 180 valence electrons. The smallest absolute Gasteiger partial charge is 0.210 e. The zero-order valence-corrected chi connectivity index (χ0v) is 21.4. The van der Waals surface area contributed by atoms with Crippen molar-refractivity contribution in [3.05, 3.63) is 118 Å². The maximum atomic E-state index is 6.13. The molecule has 1 N–H and O–H groups in total. The van der Waals surface area contributed by atoms with Crippen molar-refractivity contribution >= 4 is 45.4 Å². The first-order valence-electron chi connectivity index (χ1n) is 11.2. The normalized spacial score (nSPS) is 10.7. The second kappa shape index (κ2) is 11.4. The van der Waals surface area contributed by atoms with Gasteiger partial charge in [0.05, 0.1) is 10.0 Å². The van der Waals surface area contributed by atoms with Crippen LogP contribution in [-0.2, 0) is 13.2 Å². The fraction of sp³-hybridized carbons (Fsp3) is 0.0714. The molecule has 0 aliphatic carbocycles. The predicted octanol–water partition coefficient (Wildman–Crippen LogP) is 8.41. The summed E-state index contributed by atoms with van der Waals surface area (Å²) in [5, 5.41) is 14.2. The first-order chi connectivity index (χ1) is 17.6. The number of anilines is 2. The molecule has 0 bridgehead atoms. The molecule has 1 aromatic heterocycles. The molecule has 0 aliphatic heterocycles. The monoisotopic (exact) mass is 533 g/mol. The van der Waals surface area contributed by atoms with Gasteiger partial charge in [0.25, 0.3) is 0 Å². The van der Waals surface area contributed by atoms with E-state index in [-0.39, 0.29) is 0 Å². The fourth-order valence-electron chi connectivity index (χ4n) is 3.43. The minimum Gasteiger partial charge on any atom is -0.489 e. The highest BCUT2D eigenvalue weighted by Gasteiger charge is 2.12. The van der Waals surface area contributed by atoms with Crippen molar-refractivity contribution in [2.45, 2.75) is 13.2 Å². The molecule has 0 radical (unpaired) electrons. The minimum atomic E-state index is 0.447. The Bertz CT molecular complexity index is 1380. The molecule has 5 aromatic rings. The number of ether oxygens (including phenoxy) is 2. The van der Waals surface area contributed by atoms with E-state index in [1.165, 1.54) is 11.3 Å². The number of nitrogens with zero attached hydrogens (tertiary/aromatic N) is 2. The van der Waals surface area contributed by atoms with Crippen LogP contribution in [0.4, 0.5) is 10.8 Å². The van der Waals surface area contributed by atoms with Gasteiger partial charge < -0.3 is 14.8 Å². The van der Waals surface area contributed by atoms with Crippen LogP contribution in [0.1, 0.15) is 11.1 Å².